The highest BCUT2D eigenvalue weighted by Crippen LogP contribution is 2.05. The highest BCUT2D eigenvalue weighted by atomic mass is 15.4. The molecule has 104 valence electrons. The first-order valence-electron chi connectivity index (χ1n) is 7.11. The minimum absolute atomic E-state index is 0.609. The number of nitrogens with zero attached hydrogens (tertiary/aromatic N) is 4. The molecular weight excluding hydrogens is 226 g/mol. The standard InChI is InChI=1S/C13H27N5/c1-3-5-8-17(9-6-4-2)11-13-12-18(10-7-14)16-15-13/h12H,3-11,14H2,1-2H3. The highest BCUT2D eigenvalue weighted by Gasteiger charge is 2.08. The Balaban J connectivity index is 2.46. The summed E-state index contributed by atoms with van der Waals surface area (Å²) in [7, 11) is 0. The molecule has 5 heteroatoms. The van der Waals surface area contributed by atoms with Gasteiger partial charge in [-0.3, -0.25) is 9.58 Å². The summed E-state index contributed by atoms with van der Waals surface area (Å²) in [5.41, 5.74) is 6.56. The molecule has 1 aromatic rings. The summed E-state index contributed by atoms with van der Waals surface area (Å²) in [6.45, 7) is 9.03. The summed E-state index contributed by atoms with van der Waals surface area (Å²) in [5, 5.41) is 8.29. The maximum absolute atomic E-state index is 5.50. The molecule has 5 nitrogen and oxygen atoms in total. The number of rotatable bonds is 10. The maximum atomic E-state index is 5.50. The Morgan fingerprint density at radius 1 is 1.22 bits per heavy atom. The summed E-state index contributed by atoms with van der Waals surface area (Å²) in [4.78, 5) is 2.48. The number of nitrogens with two attached hydrogens (primary N) is 1. The SMILES string of the molecule is CCCCN(CCCC)Cc1cn(CCN)nn1. The topological polar surface area (TPSA) is 60.0 Å². The van der Waals surface area contributed by atoms with Crippen LogP contribution < -0.4 is 5.73 Å². The van der Waals surface area contributed by atoms with Gasteiger partial charge in [0.05, 0.1) is 12.2 Å². The third-order valence-corrected chi connectivity index (χ3v) is 2.99. The number of unbranched alkanes of at least 4 members (excludes halogenated alkanes) is 2. The van der Waals surface area contributed by atoms with Gasteiger partial charge in [-0.15, -0.1) is 5.10 Å². The molecule has 2 N–H and O–H groups in total. The van der Waals surface area contributed by atoms with E-state index < -0.39 is 0 Å². The molecule has 0 amide bonds. The summed E-state index contributed by atoms with van der Waals surface area (Å²) < 4.78 is 1.83. The number of aromatic nitrogens is 3. The lowest BCUT2D eigenvalue weighted by atomic mass is 10.2. The molecule has 0 spiro atoms. The summed E-state index contributed by atoms with van der Waals surface area (Å²) in [6, 6.07) is 0. The van der Waals surface area contributed by atoms with Gasteiger partial charge in [-0.1, -0.05) is 31.9 Å². The summed E-state index contributed by atoms with van der Waals surface area (Å²) >= 11 is 0. The fourth-order valence-electron chi connectivity index (χ4n) is 1.91. The molecule has 1 rings (SSSR count). The Morgan fingerprint density at radius 3 is 2.44 bits per heavy atom. The van der Waals surface area contributed by atoms with E-state index in [0.29, 0.717) is 6.54 Å². The summed E-state index contributed by atoms with van der Waals surface area (Å²) in [6.07, 6.45) is 6.99. The van der Waals surface area contributed by atoms with E-state index >= 15 is 0 Å². The van der Waals surface area contributed by atoms with Crippen LogP contribution in [0.25, 0.3) is 0 Å². The molecule has 0 saturated carbocycles. The fraction of sp³-hybridized carbons (Fsp3) is 0.846. The Kier molecular flexibility index (Phi) is 7.60. The molecule has 0 fully saturated rings. The number of hydrogen-bond donors (Lipinski definition) is 1. The average molecular weight is 253 g/mol. The zero-order valence-electron chi connectivity index (χ0n) is 11.8. The molecule has 18 heavy (non-hydrogen) atoms. The quantitative estimate of drug-likeness (QED) is 0.688. The van der Waals surface area contributed by atoms with E-state index in [-0.39, 0.29) is 0 Å². The van der Waals surface area contributed by atoms with Gasteiger partial charge in [0.25, 0.3) is 0 Å². The molecule has 0 radical (unpaired) electrons. The third kappa shape index (κ3) is 5.60. The van der Waals surface area contributed by atoms with Crippen LogP contribution in [0.3, 0.4) is 0 Å². The van der Waals surface area contributed by atoms with E-state index in [2.05, 4.69) is 29.1 Å². The van der Waals surface area contributed by atoms with E-state index in [1.54, 1.807) is 0 Å². The van der Waals surface area contributed by atoms with Gasteiger partial charge in [0.1, 0.15) is 0 Å². The van der Waals surface area contributed by atoms with Gasteiger partial charge < -0.3 is 5.73 Å². The van der Waals surface area contributed by atoms with Crippen LogP contribution in [0.2, 0.25) is 0 Å². The van der Waals surface area contributed by atoms with Crippen molar-refractivity contribution in [1.82, 2.24) is 19.9 Å². The van der Waals surface area contributed by atoms with Crippen LogP contribution in [0.15, 0.2) is 6.20 Å². The van der Waals surface area contributed by atoms with E-state index in [9.17, 15) is 0 Å². The minimum Gasteiger partial charge on any atom is -0.329 e. The first-order chi connectivity index (χ1) is 8.80. The molecule has 1 aromatic heterocycles. The van der Waals surface area contributed by atoms with E-state index in [0.717, 1.165) is 31.9 Å². The third-order valence-electron chi connectivity index (χ3n) is 2.99. The second kappa shape index (κ2) is 9.05. The lowest BCUT2D eigenvalue weighted by molar-refractivity contribution is 0.254. The molecule has 0 unspecified atom stereocenters. The second-order valence-corrected chi connectivity index (χ2v) is 4.74. The van der Waals surface area contributed by atoms with E-state index in [1.165, 1.54) is 25.7 Å². The molecule has 0 aliphatic rings. The Hall–Kier alpha value is -0.940. The normalized spacial score (nSPS) is 11.3. The monoisotopic (exact) mass is 253 g/mol. The van der Waals surface area contributed by atoms with Crippen LogP contribution in [-0.4, -0.2) is 39.5 Å². The zero-order valence-corrected chi connectivity index (χ0v) is 11.8. The van der Waals surface area contributed by atoms with Crippen LogP contribution in [0.1, 0.15) is 45.2 Å². The zero-order chi connectivity index (χ0) is 13.2. The Morgan fingerprint density at radius 2 is 1.89 bits per heavy atom. The van der Waals surface area contributed by atoms with Gasteiger partial charge in [0.15, 0.2) is 0 Å². The molecular formula is C13H27N5. The predicted molar refractivity (Wildman–Crippen MR) is 74.2 cm³/mol. The van der Waals surface area contributed by atoms with Crippen molar-refractivity contribution in [1.29, 1.82) is 0 Å². The predicted octanol–water partition coefficient (Wildman–Crippen LogP) is 1.64. The largest absolute Gasteiger partial charge is 0.329 e. The highest BCUT2D eigenvalue weighted by molar-refractivity contribution is 4.92. The van der Waals surface area contributed by atoms with Crippen molar-refractivity contribution in [2.75, 3.05) is 19.6 Å². The molecule has 0 saturated heterocycles. The van der Waals surface area contributed by atoms with Gasteiger partial charge in [0.2, 0.25) is 0 Å². The Bertz CT molecular complexity index is 302. The van der Waals surface area contributed by atoms with Crippen LogP contribution in [0.5, 0.6) is 0 Å². The molecule has 0 aliphatic carbocycles. The van der Waals surface area contributed by atoms with Crippen molar-refractivity contribution in [2.45, 2.75) is 52.6 Å². The molecule has 0 aromatic carbocycles. The van der Waals surface area contributed by atoms with Crippen molar-refractivity contribution < 1.29 is 0 Å². The molecule has 0 aliphatic heterocycles. The van der Waals surface area contributed by atoms with Crippen LogP contribution in [-0.2, 0) is 13.1 Å². The number of hydrogen-bond acceptors (Lipinski definition) is 4. The Labute approximate surface area is 110 Å². The summed E-state index contributed by atoms with van der Waals surface area (Å²) in [5.74, 6) is 0. The molecule has 0 atom stereocenters. The van der Waals surface area contributed by atoms with E-state index in [1.807, 2.05) is 10.9 Å². The van der Waals surface area contributed by atoms with Crippen molar-refractivity contribution in [3.05, 3.63) is 11.9 Å². The smallest absolute Gasteiger partial charge is 0.0967 e. The van der Waals surface area contributed by atoms with Crippen LogP contribution in [0, 0.1) is 0 Å². The van der Waals surface area contributed by atoms with Gasteiger partial charge in [0, 0.05) is 19.3 Å². The van der Waals surface area contributed by atoms with Crippen molar-refractivity contribution >= 4 is 0 Å². The average Bonchev–Trinajstić information content (AvgIpc) is 2.80. The maximum Gasteiger partial charge on any atom is 0.0967 e. The van der Waals surface area contributed by atoms with Crippen LogP contribution in [0.4, 0.5) is 0 Å². The second-order valence-electron chi connectivity index (χ2n) is 4.74. The molecule has 1 heterocycles. The molecule has 0 bridgehead atoms. The van der Waals surface area contributed by atoms with Crippen molar-refractivity contribution in [2.24, 2.45) is 5.73 Å². The fourth-order valence-corrected chi connectivity index (χ4v) is 1.91. The minimum atomic E-state index is 0.609. The van der Waals surface area contributed by atoms with Crippen molar-refractivity contribution in [3.63, 3.8) is 0 Å². The first-order valence-corrected chi connectivity index (χ1v) is 7.11. The van der Waals surface area contributed by atoms with Crippen molar-refractivity contribution in [3.8, 4) is 0 Å². The first kappa shape index (κ1) is 15.1. The lowest BCUT2D eigenvalue weighted by Crippen LogP contribution is -2.25. The van der Waals surface area contributed by atoms with Gasteiger partial charge >= 0.3 is 0 Å². The lowest BCUT2D eigenvalue weighted by Gasteiger charge is -2.20. The van der Waals surface area contributed by atoms with Crippen LogP contribution >= 0.6 is 0 Å². The van der Waals surface area contributed by atoms with Gasteiger partial charge in [-0.2, -0.15) is 0 Å². The van der Waals surface area contributed by atoms with Gasteiger partial charge in [-0.05, 0) is 25.9 Å². The van der Waals surface area contributed by atoms with Gasteiger partial charge in [-0.25, -0.2) is 0 Å². The van der Waals surface area contributed by atoms with E-state index in [4.69, 9.17) is 5.73 Å².